The minimum absolute atomic E-state index is 0.500. The molecule has 0 aromatic carbocycles. The second-order valence-corrected chi connectivity index (χ2v) is 3.62. The van der Waals surface area contributed by atoms with E-state index in [2.05, 4.69) is 24.3 Å². The van der Waals surface area contributed by atoms with E-state index in [-0.39, 0.29) is 0 Å². The van der Waals surface area contributed by atoms with Crippen molar-refractivity contribution in [2.24, 2.45) is 5.92 Å². The van der Waals surface area contributed by atoms with Crippen molar-refractivity contribution in [2.75, 3.05) is 6.61 Å². The number of ether oxygens (including phenoxy) is 1. The van der Waals surface area contributed by atoms with Crippen LogP contribution in [0.1, 0.15) is 25.7 Å². The summed E-state index contributed by atoms with van der Waals surface area (Å²) in [6, 6.07) is 0. The molecule has 1 heterocycles. The van der Waals surface area contributed by atoms with Crippen LogP contribution in [0.15, 0.2) is 24.3 Å². The molecule has 0 aromatic heterocycles. The fraction of sp³-hybridized carbons (Fsp3) is 0.636. The first-order valence-electron chi connectivity index (χ1n) is 4.92. The Morgan fingerprint density at radius 3 is 2.83 bits per heavy atom. The summed E-state index contributed by atoms with van der Waals surface area (Å²) in [6.07, 6.45) is 14.3. The maximum absolute atomic E-state index is 5.73. The van der Waals surface area contributed by atoms with Gasteiger partial charge in [-0.1, -0.05) is 24.3 Å². The summed E-state index contributed by atoms with van der Waals surface area (Å²) in [5.41, 5.74) is 0. The topological polar surface area (TPSA) is 9.23 Å². The smallest absolute Gasteiger partial charge is 0.0640 e. The lowest BCUT2D eigenvalue weighted by atomic mass is 9.90. The largest absolute Gasteiger partial charge is 0.378 e. The van der Waals surface area contributed by atoms with E-state index in [1.54, 1.807) is 0 Å². The Bertz CT molecular complexity index is 187. The van der Waals surface area contributed by atoms with Gasteiger partial charge in [0.1, 0.15) is 0 Å². The highest BCUT2D eigenvalue weighted by molar-refractivity contribution is 5.12. The lowest BCUT2D eigenvalue weighted by molar-refractivity contribution is -0.00847. The van der Waals surface area contributed by atoms with E-state index in [9.17, 15) is 0 Å². The third kappa shape index (κ3) is 1.78. The van der Waals surface area contributed by atoms with Crippen LogP contribution >= 0.6 is 0 Å². The number of hydrogen-bond acceptors (Lipinski definition) is 1. The van der Waals surface area contributed by atoms with Gasteiger partial charge in [-0.05, 0) is 25.7 Å². The van der Waals surface area contributed by atoms with Crippen LogP contribution in [0.25, 0.3) is 0 Å². The lowest BCUT2D eigenvalue weighted by Crippen LogP contribution is -2.26. The number of hydrogen-bond donors (Lipinski definition) is 0. The molecule has 0 spiro atoms. The van der Waals surface area contributed by atoms with E-state index in [0.29, 0.717) is 12.0 Å². The number of allylic oxidation sites excluding steroid dienone is 3. The quantitative estimate of drug-likeness (QED) is 0.579. The number of rotatable bonds is 1. The van der Waals surface area contributed by atoms with Crippen LogP contribution < -0.4 is 0 Å². The first-order valence-corrected chi connectivity index (χ1v) is 4.92. The Balaban J connectivity index is 1.90. The lowest BCUT2D eigenvalue weighted by Gasteiger charge is -2.28. The van der Waals surface area contributed by atoms with Gasteiger partial charge in [0.25, 0.3) is 0 Å². The maximum Gasteiger partial charge on any atom is 0.0640 e. The van der Waals surface area contributed by atoms with Crippen LogP contribution in [0.3, 0.4) is 0 Å². The highest BCUT2D eigenvalue weighted by Gasteiger charge is 2.21. The average Bonchev–Trinajstić information content (AvgIpc) is 2.21. The van der Waals surface area contributed by atoms with Crippen LogP contribution in [0.4, 0.5) is 0 Å². The Hall–Kier alpha value is -0.560. The van der Waals surface area contributed by atoms with Gasteiger partial charge >= 0.3 is 0 Å². The molecule has 2 aliphatic rings. The predicted octanol–water partition coefficient (Wildman–Crippen LogP) is 2.69. The van der Waals surface area contributed by atoms with E-state index in [1.165, 1.54) is 25.7 Å². The molecule has 1 saturated heterocycles. The molecule has 12 heavy (non-hydrogen) atoms. The molecule has 1 fully saturated rings. The van der Waals surface area contributed by atoms with Crippen molar-refractivity contribution in [3.8, 4) is 0 Å². The molecular weight excluding hydrogens is 148 g/mol. The normalized spacial score (nSPS) is 35.3. The minimum Gasteiger partial charge on any atom is -0.378 e. The van der Waals surface area contributed by atoms with Gasteiger partial charge in [0, 0.05) is 12.5 Å². The zero-order valence-electron chi connectivity index (χ0n) is 7.41. The summed E-state index contributed by atoms with van der Waals surface area (Å²) in [6.45, 7) is 0.971. The Kier molecular flexibility index (Phi) is 2.62. The average molecular weight is 164 g/mol. The van der Waals surface area contributed by atoms with Crippen LogP contribution in [0.5, 0.6) is 0 Å². The molecule has 1 nitrogen and oxygen atoms in total. The first-order chi connectivity index (χ1) is 5.97. The molecule has 0 saturated carbocycles. The van der Waals surface area contributed by atoms with E-state index in [0.717, 1.165) is 6.61 Å². The van der Waals surface area contributed by atoms with Crippen molar-refractivity contribution >= 4 is 0 Å². The van der Waals surface area contributed by atoms with Gasteiger partial charge in [0.05, 0.1) is 6.10 Å². The van der Waals surface area contributed by atoms with Crippen molar-refractivity contribution in [2.45, 2.75) is 31.8 Å². The second-order valence-electron chi connectivity index (χ2n) is 3.62. The van der Waals surface area contributed by atoms with Crippen LogP contribution in [0.2, 0.25) is 0 Å². The molecule has 2 rings (SSSR count). The minimum atomic E-state index is 0.500. The van der Waals surface area contributed by atoms with E-state index in [1.807, 2.05) is 0 Å². The van der Waals surface area contributed by atoms with Gasteiger partial charge < -0.3 is 4.74 Å². The van der Waals surface area contributed by atoms with Crippen molar-refractivity contribution < 1.29 is 4.74 Å². The molecule has 2 atom stereocenters. The van der Waals surface area contributed by atoms with Crippen molar-refractivity contribution in [1.82, 2.24) is 0 Å². The van der Waals surface area contributed by atoms with Crippen LogP contribution in [-0.4, -0.2) is 12.7 Å². The molecule has 66 valence electrons. The Morgan fingerprint density at radius 2 is 2.17 bits per heavy atom. The monoisotopic (exact) mass is 164 g/mol. The third-order valence-corrected chi connectivity index (χ3v) is 2.71. The van der Waals surface area contributed by atoms with Crippen molar-refractivity contribution in [3.05, 3.63) is 24.3 Å². The third-order valence-electron chi connectivity index (χ3n) is 2.71. The summed E-state index contributed by atoms with van der Waals surface area (Å²) < 4.78 is 5.73. The fourth-order valence-corrected chi connectivity index (χ4v) is 1.98. The van der Waals surface area contributed by atoms with E-state index in [4.69, 9.17) is 4.74 Å². The summed E-state index contributed by atoms with van der Waals surface area (Å²) >= 11 is 0. The van der Waals surface area contributed by atoms with Gasteiger partial charge in [0.2, 0.25) is 0 Å². The molecule has 0 amide bonds. The summed E-state index contributed by atoms with van der Waals surface area (Å²) in [4.78, 5) is 0. The molecular formula is C11H16O. The summed E-state index contributed by atoms with van der Waals surface area (Å²) in [7, 11) is 0. The highest BCUT2D eigenvalue weighted by Crippen LogP contribution is 2.25. The first kappa shape index (κ1) is 8.06. The molecule has 0 radical (unpaired) electrons. The SMILES string of the molecule is C1=CCC(C2CCCCO2)C=C1. The van der Waals surface area contributed by atoms with Crippen LogP contribution in [-0.2, 0) is 4.74 Å². The molecule has 1 heteroatoms. The predicted molar refractivity (Wildman–Crippen MR) is 50.0 cm³/mol. The standard InChI is InChI=1S/C11H16O/c1-2-6-10(7-3-1)11-8-4-5-9-12-11/h1-3,6,10-11H,4-5,7-9H2. The Labute approximate surface area is 74.1 Å². The van der Waals surface area contributed by atoms with Crippen LogP contribution in [0, 0.1) is 5.92 Å². The fourth-order valence-electron chi connectivity index (χ4n) is 1.98. The molecule has 1 aliphatic carbocycles. The Morgan fingerprint density at radius 1 is 1.17 bits per heavy atom. The summed E-state index contributed by atoms with van der Waals surface area (Å²) in [5, 5.41) is 0. The maximum atomic E-state index is 5.73. The molecule has 0 aromatic rings. The van der Waals surface area contributed by atoms with Gasteiger partial charge in [-0.25, -0.2) is 0 Å². The van der Waals surface area contributed by atoms with Gasteiger partial charge in [-0.15, -0.1) is 0 Å². The van der Waals surface area contributed by atoms with Gasteiger partial charge in [0.15, 0.2) is 0 Å². The molecule has 0 N–H and O–H groups in total. The van der Waals surface area contributed by atoms with Crippen molar-refractivity contribution in [1.29, 1.82) is 0 Å². The molecule has 2 unspecified atom stereocenters. The highest BCUT2D eigenvalue weighted by atomic mass is 16.5. The van der Waals surface area contributed by atoms with Gasteiger partial charge in [-0.3, -0.25) is 0 Å². The second kappa shape index (κ2) is 3.90. The van der Waals surface area contributed by atoms with E-state index >= 15 is 0 Å². The molecule has 1 aliphatic heterocycles. The van der Waals surface area contributed by atoms with E-state index < -0.39 is 0 Å². The molecule has 0 bridgehead atoms. The van der Waals surface area contributed by atoms with Gasteiger partial charge in [-0.2, -0.15) is 0 Å². The van der Waals surface area contributed by atoms with Crippen molar-refractivity contribution in [3.63, 3.8) is 0 Å². The zero-order valence-corrected chi connectivity index (χ0v) is 7.41. The zero-order chi connectivity index (χ0) is 8.23. The summed E-state index contributed by atoms with van der Waals surface area (Å²) in [5.74, 6) is 0.648.